The minimum absolute atomic E-state index is 0.185. The zero-order valence-corrected chi connectivity index (χ0v) is 17.8. The molecular formula is C20H31NO4Si. The Bertz CT molecular complexity index is 635. The van der Waals surface area contributed by atoms with Gasteiger partial charge in [-0.25, -0.2) is 9.59 Å². The molecule has 26 heavy (non-hydrogen) atoms. The molecule has 1 aromatic carbocycles. The third-order valence-electron chi connectivity index (χ3n) is 4.24. The molecule has 1 rings (SSSR count). The molecule has 0 unspecified atom stereocenters. The second-order valence-corrected chi connectivity index (χ2v) is 12.5. The molecule has 1 N–H and O–H groups in total. The molecule has 1 amide bonds. The Labute approximate surface area is 157 Å². The molecule has 144 valence electrons. The van der Waals surface area contributed by atoms with Crippen molar-refractivity contribution in [1.29, 1.82) is 0 Å². The van der Waals surface area contributed by atoms with E-state index >= 15 is 0 Å². The van der Waals surface area contributed by atoms with E-state index in [1.54, 1.807) is 20.8 Å². The second-order valence-electron chi connectivity index (χ2n) is 7.79. The molecule has 2 atom stereocenters. The fourth-order valence-electron chi connectivity index (χ4n) is 2.89. The summed E-state index contributed by atoms with van der Waals surface area (Å²) in [7, 11) is -0.826. The number of methoxy groups -OCH3 is 1. The van der Waals surface area contributed by atoms with E-state index in [1.165, 1.54) is 12.3 Å². The fraction of sp³-hybridized carbons (Fsp3) is 0.500. The van der Waals surface area contributed by atoms with Crippen LogP contribution in [0.15, 0.2) is 42.5 Å². The summed E-state index contributed by atoms with van der Waals surface area (Å²) in [5, 5.41) is 3.93. The summed E-state index contributed by atoms with van der Waals surface area (Å²) in [4.78, 5) is 24.8. The number of alkyl carbamates (subject to hydrolysis) is 1. The van der Waals surface area contributed by atoms with Crippen molar-refractivity contribution in [2.75, 3.05) is 7.11 Å². The smallest absolute Gasteiger partial charge is 0.408 e. The molecule has 0 bridgehead atoms. The molecule has 0 aromatic heterocycles. The molecular weight excluding hydrogens is 346 g/mol. The third-order valence-corrected chi connectivity index (χ3v) is 8.25. The predicted molar refractivity (Wildman–Crippen MR) is 107 cm³/mol. The fourth-order valence-corrected chi connectivity index (χ4v) is 6.06. The maximum Gasteiger partial charge on any atom is 0.408 e. The summed E-state index contributed by atoms with van der Waals surface area (Å²) in [6.45, 7) is 11.6. The van der Waals surface area contributed by atoms with Gasteiger partial charge >= 0.3 is 12.1 Å². The third kappa shape index (κ3) is 6.02. The lowest BCUT2D eigenvalue weighted by Gasteiger charge is -2.36. The number of benzene rings is 1. The Balaban J connectivity index is 3.25. The van der Waals surface area contributed by atoms with Gasteiger partial charge in [-0.05, 0) is 27.7 Å². The molecule has 6 heteroatoms. The second kappa shape index (κ2) is 9.03. The SMILES string of the molecule is C/C=C/[C@H]([C@@H](NC(=O)OC(C)(C)C)C(=O)OC)[Si](C)(C)c1ccccc1. The Hall–Kier alpha value is -2.08. The van der Waals surface area contributed by atoms with Crippen molar-refractivity contribution in [3.63, 3.8) is 0 Å². The first-order valence-electron chi connectivity index (χ1n) is 8.78. The first-order chi connectivity index (χ1) is 12.0. The summed E-state index contributed by atoms with van der Waals surface area (Å²) < 4.78 is 10.3. The molecule has 1 aromatic rings. The highest BCUT2D eigenvalue weighted by Gasteiger charge is 2.42. The van der Waals surface area contributed by atoms with Gasteiger partial charge < -0.3 is 14.8 Å². The van der Waals surface area contributed by atoms with Gasteiger partial charge in [0.1, 0.15) is 11.6 Å². The van der Waals surface area contributed by atoms with Gasteiger partial charge in [0.25, 0.3) is 0 Å². The van der Waals surface area contributed by atoms with E-state index in [9.17, 15) is 9.59 Å². The van der Waals surface area contributed by atoms with Gasteiger partial charge in [-0.1, -0.05) is 60.8 Å². The van der Waals surface area contributed by atoms with Crippen LogP contribution >= 0.6 is 0 Å². The molecule has 0 saturated carbocycles. The van der Waals surface area contributed by atoms with Gasteiger partial charge in [-0.2, -0.15) is 0 Å². The van der Waals surface area contributed by atoms with Crippen LogP contribution in [-0.4, -0.2) is 38.9 Å². The molecule has 5 nitrogen and oxygen atoms in total. The van der Waals surface area contributed by atoms with Crippen molar-refractivity contribution in [2.45, 2.75) is 58.0 Å². The number of esters is 1. The molecule has 0 fully saturated rings. The molecule has 0 aliphatic heterocycles. The number of ether oxygens (including phenoxy) is 2. The largest absolute Gasteiger partial charge is 0.467 e. The van der Waals surface area contributed by atoms with Crippen molar-refractivity contribution in [1.82, 2.24) is 5.32 Å². The zero-order chi connectivity index (χ0) is 20.0. The maximum absolute atomic E-state index is 12.5. The number of hydrogen-bond acceptors (Lipinski definition) is 4. The van der Waals surface area contributed by atoms with E-state index in [0.29, 0.717) is 0 Å². The number of hydrogen-bond donors (Lipinski definition) is 1. The van der Waals surface area contributed by atoms with Crippen LogP contribution in [0.5, 0.6) is 0 Å². The molecule has 0 radical (unpaired) electrons. The highest BCUT2D eigenvalue weighted by atomic mass is 28.3. The summed E-state index contributed by atoms with van der Waals surface area (Å²) in [5.41, 5.74) is -0.831. The van der Waals surface area contributed by atoms with Gasteiger partial charge in [-0.15, -0.1) is 0 Å². The Kier molecular flexibility index (Phi) is 7.63. The summed E-state index contributed by atoms with van der Waals surface area (Å²) >= 11 is 0. The van der Waals surface area contributed by atoms with Gasteiger partial charge in [0, 0.05) is 5.54 Å². The molecule has 0 aliphatic carbocycles. The number of rotatable bonds is 6. The van der Waals surface area contributed by atoms with Crippen molar-refractivity contribution in [2.24, 2.45) is 0 Å². The van der Waals surface area contributed by atoms with Gasteiger partial charge in [0.05, 0.1) is 15.2 Å². The Morgan fingerprint density at radius 2 is 1.73 bits per heavy atom. The number of nitrogens with one attached hydrogen (secondary N) is 1. The lowest BCUT2D eigenvalue weighted by Crippen LogP contribution is -2.56. The van der Waals surface area contributed by atoms with E-state index in [4.69, 9.17) is 9.47 Å². The van der Waals surface area contributed by atoms with Crippen molar-refractivity contribution < 1.29 is 19.1 Å². The van der Waals surface area contributed by atoms with Crippen molar-refractivity contribution >= 4 is 25.3 Å². The number of carbonyl (C=O) groups excluding carboxylic acids is 2. The summed E-state index contributed by atoms with van der Waals surface area (Å²) in [5.74, 6) is -0.476. The quantitative estimate of drug-likeness (QED) is 0.467. The summed E-state index contributed by atoms with van der Waals surface area (Å²) in [6, 6.07) is 9.29. The lowest BCUT2D eigenvalue weighted by molar-refractivity contribution is -0.143. The zero-order valence-electron chi connectivity index (χ0n) is 16.8. The number of amides is 1. The van der Waals surface area contributed by atoms with Crippen molar-refractivity contribution in [3.05, 3.63) is 42.5 Å². The molecule has 0 saturated heterocycles. The van der Waals surface area contributed by atoms with E-state index in [0.717, 1.165) is 0 Å². The van der Waals surface area contributed by atoms with Crippen LogP contribution in [0.4, 0.5) is 4.79 Å². The van der Waals surface area contributed by atoms with Crippen LogP contribution in [0.3, 0.4) is 0 Å². The average Bonchev–Trinajstić information content (AvgIpc) is 2.56. The molecule has 0 heterocycles. The van der Waals surface area contributed by atoms with Crippen LogP contribution < -0.4 is 10.5 Å². The van der Waals surface area contributed by atoms with Crippen LogP contribution in [0.2, 0.25) is 18.6 Å². The van der Waals surface area contributed by atoms with Crippen LogP contribution in [0.25, 0.3) is 0 Å². The lowest BCUT2D eigenvalue weighted by atomic mass is 10.2. The highest BCUT2D eigenvalue weighted by molar-refractivity contribution is 6.91. The Morgan fingerprint density at radius 3 is 2.19 bits per heavy atom. The number of allylic oxidation sites excluding steroid dienone is 1. The van der Waals surface area contributed by atoms with Crippen molar-refractivity contribution in [3.8, 4) is 0 Å². The first-order valence-corrected chi connectivity index (χ1v) is 11.9. The predicted octanol–water partition coefficient (Wildman–Crippen LogP) is 3.61. The van der Waals surface area contributed by atoms with Crippen LogP contribution in [0, 0.1) is 0 Å². The van der Waals surface area contributed by atoms with Gasteiger partial charge in [0.15, 0.2) is 0 Å². The maximum atomic E-state index is 12.5. The average molecular weight is 378 g/mol. The monoisotopic (exact) mass is 377 g/mol. The highest BCUT2D eigenvalue weighted by Crippen LogP contribution is 2.28. The van der Waals surface area contributed by atoms with E-state index < -0.39 is 31.8 Å². The molecule has 0 spiro atoms. The van der Waals surface area contributed by atoms with E-state index in [1.807, 2.05) is 37.3 Å². The minimum atomic E-state index is -2.16. The topological polar surface area (TPSA) is 64.6 Å². The minimum Gasteiger partial charge on any atom is -0.467 e. The normalized spacial score (nSPS) is 14.6. The van der Waals surface area contributed by atoms with Gasteiger partial charge in [-0.3, -0.25) is 0 Å². The van der Waals surface area contributed by atoms with E-state index in [2.05, 4.69) is 30.5 Å². The Morgan fingerprint density at radius 1 is 1.15 bits per heavy atom. The summed E-state index contributed by atoms with van der Waals surface area (Å²) in [6.07, 6.45) is 3.27. The standard InChI is InChI=1S/C20H31NO4Si/c1-8-12-16(26(6,7)15-13-10-9-11-14-15)17(18(22)24-5)21-19(23)25-20(2,3)4/h8-14,16-17H,1-7H3,(H,21,23)/b12-8+/t16-,17-/m1/s1. The van der Waals surface area contributed by atoms with Crippen LogP contribution in [0.1, 0.15) is 27.7 Å². The number of carbonyl (C=O) groups is 2. The van der Waals surface area contributed by atoms with E-state index in [-0.39, 0.29) is 5.54 Å². The molecule has 0 aliphatic rings. The van der Waals surface area contributed by atoms with Gasteiger partial charge in [0.2, 0.25) is 0 Å². The van der Waals surface area contributed by atoms with Crippen LogP contribution in [-0.2, 0) is 14.3 Å². The first kappa shape index (κ1) is 22.0.